The number of hydrogen-bond donors (Lipinski definition) is 4. The lowest BCUT2D eigenvalue weighted by atomic mass is 10.2. The van der Waals surface area contributed by atoms with Crippen molar-refractivity contribution in [1.82, 2.24) is 10.9 Å². The van der Waals surface area contributed by atoms with Gasteiger partial charge in [0.25, 0.3) is 21.8 Å². The monoisotopic (exact) mass is 455 g/mol. The number of hydrogen-bond acceptors (Lipinski definition) is 6. The summed E-state index contributed by atoms with van der Waals surface area (Å²) in [6.45, 7) is 1.88. The maximum atomic E-state index is 12.9. The normalized spacial score (nSPS) is 10.8. The van der Waals surface area contributed by atoms with Crippen LogP contribution in [0.25, 0.3) is 0 Å². The zero-order valence-electron chi connectivity index (χ0n) is 17.2. The molecule has 166 valence electrons. The van der Waals surface area contributed by atoms with Crippen LogP contribution >= 0.6 is 0 Å². The molecule has 32 heavy (non-hydrogen) atoms. The molecule has 0 aliphatic heterocycles. The second-order valence-corrected chi connectivity index (χ2v) is 8.41. The van der Waals surface area contributed by atoms with E-state index in [-0.39, 0.29) is 27.5 Å². The molecule has 0 unspecified atom stereocenters. The molecule has 3 aromatic rings. The molecule has 2 amide bonds. The number of ether oxygens (including phenoxy) is 1. The molecule has 0 aliphatic carbocycles. The van der Waals surface area contributed by atoms with Crippen LogP contribution < -0.4 is 20.3 Å². The predicted octanol–water partition coefficient (Wildman–Crippen LogP) is 2.58. The van der Waals surface area contributed by atoms with Crippen molar-refractivity contribution >= 4 is 27.5 Å². The molecule has 3 rings (SSSR count). The second-order valence-electron chi connectivity index (χ2n) is 6.76. The van der Waals surface area contributed by atoms with E-state index in [9.17, 15) is 23.1 Å². The minimum absolute atomic E-state index is 0.0342. The van der Waals surface area contributed by atoms with Gasteiger partial charge >= 0.3 is 0 Å². The topological polar surface area (TPSA) is 134 Å². The molecule has 10 heteroatoms. The highest BCUT2D eigenvalue weighted by Crippen LogP contribution is 2.27. The van der Waals surface area contributed by atoms with E-state index >= 15 is 0 Å². The molecule has 0 spiro atoms. The number of anilines is 1. The zero-order chi connectivity index (χ0) is 23.3. The highest BCUT2D eigenvalue weighted by atomic mass is 32.2. The first-order valence-electron chi connectivity index (χ1n) is 9.37. The van der Waals surface area contributed by atoms with E-state index in [2.05, 4.69) is 15.6 Å². The summed E-state index contributed by atoms with van der Waals surface area (Å²) in [6.07, 6.45) is 0. The van der Waals surface area contributed by atoms with Crippen molar-refractivity contribution in [2.24, 2.45) is 0 Å². The molecule has 0 aliphatic rings. The van der Waals surface area contributed by atoms with Crippen LogP contribution in [0.3, 0.4) is 0 Å². The maximum absolute atomic E-state index is 12.9. The number of phenolic OH excluding ortho intramolecular Hbond substituents is 1. The number of aryl methyl sites for hydroxylation is 1. The van der Waals surface area contributed by atoms with E-state index in [1.807, 2.05) is 6.92 Å². The number of carbonyl (C=O) groups is 2. The van der Waals surface area contributed by atoms with E-state index in [1.165, 1.54) is 31.4 Å². The Hall–Kier alpha value is -4.05. The summed E-state index contributed by atoms with van der Waals surface area (Å²) in [5.41, 5.74) is 5.61. The van der Waals surface area contributed by atoms with E-state index in [0.29, 0.717) is 5.69 Å². The summed E-state index contributed by atoms with van der Waals surface area (Å²) in [6, 6.07) is 16.4. The molecule has 0 atom stereocenters. The van der Waals surface area contributed by atoms with Gasteiger partial charge in [-0.15, -0.1) is 0 Å². The van der Waals surface area contributed by atoms with Crippen molar-refractivity contribution in [3.63, 3.8) is 0 Å². The largest absolute Gasteiger partial charge is 0.507 e. The number of phenols is 1. The Morgan fingerprint density at radius 2 is 1.56 bits per heavy atom. The molecule has 3 aromatic carbocycles. The van der Waals surface area contributed by atoms with Gasteiger partial charge in [-0.2, -0.15) is 0 Å². The Labute approximate surface area is 185 Å². The summed E-state index contributed by atoms with van der Waals surface area (Å²) < 4.78 is 33.4. The highest BCUT2D eigenvalue weighted by Gasteiger charge is 2.22. The Balaban J connectivity index is 1.80. The Morgan fingerprint density at radius 3 is 2.22 bits per heavy atom. The SMILES string of the molecule is COc1ccc(C(=O)NNC(=O)c2ccccc2O)cc1S(=O)(=O)Nc1ccc(C)cc1. The number of amides is 2. The van der Waals surface area contributed by atoms with E-state index in [1.54, 1.807) is 36.4 Å². The molecule has 0 fully saturated rings. The number of aromatic hydroxyl groups is 1. The molecule has 0 bridgehead atoms. The van der Waals surface area contributed by atoms with Gasteiger partial charge in [0.15, 0.2) is 0 Å². The number of rotatable bonds is 6. The number of sulfonamides is 1. The number of para-hydroxylation sites is 1. The minimum Gasteiger partial charge on any atom is -0.507 e. The van der Waals surface area contributed by atoms with Crippen LogP contribution in [0.15, 0.2) is 71.6 Å². The number of nitrogens with one attached hydrogen (secondary N) is 3. The average molecular weight is 455 g/mol. The Bertz CT molecular complexity index is 1260. The van der Waals surface area contributed by atoms with Crippen LogP contribution in [0.1, 0.15) is 26.3 Å². The van der Waals surface area contributed by atoms with Crippen LogP contribution in [0.5, 0.6) is 11.5 Å². The van der Waals surface area contributed by atoms with Gasteiger partial charge < -0.3 is 9.84 Å². The van der Waals surface area contributed by atoms with Crippen LogP contribution in [0.2, 0.25) is 0 Å². The third kappa shape index (κ3) is 5.16. The lowest BCUT2D eigenvalue weighted by Crippen LogP contribution is -2.41. The van der Waals surface area contributed by atoms with E-state index in [0.717, 1.165) is 11.6 Å². The molecule has 0 saturated carbocycles. The van der Waals surface area contributed by atoms with Crippen molar-refractivity contribution in [3.8, 4) is 11.5 Å². The minimum atomic E-state index is -4.08. The Morgan fingerprint density at radius 1 is 0.906 bits per heavy atom. The quantitative estimate of drug-likeness (QED) is 0.422. The first-order chi connectivity index (χ1) is 15.2. The van der Waals surface area contributed by atoms with Gasteiger partial charge in [0, 0.05) is 11.3 Å². The fourth-order valence-electron chi connectivity index (χ4n) is 2.78. The summed E-state index contributed by atoms with van der Waals surface area (Å²) >= 11 is 0. The molecular formula is C22H21N3O6S. The molecular weight excluding hydrogens is 434 g/mol. The molecule has 0 saturated heterocycles. The van der Waals surface area contributed by atoms with Gasteiger partial charge in [0.1, 0.15) is 16.4 Å². The van der Waals surface area contributed by atoms with Crippen molar-refractivity contribution in [2.45, 2.75) is 11.8 Å². The number of carbonyl (C=O) groups excluding carboxylic acids is 2. The third-order valence-corrected chi connectivity index (χ3v) is 5.86. The van der Waals surface area contributed by atoms with Gasteiger partial charge in [0.2, 0.25) is 0 Å². The molecule has 9 nitrogen and oxygen atoms in total. The third-order valence-electron chi connectivity index (χ3n) is 4.46. The molecule has 0 radical (unpaired) electrons. The van der Waals surface area contributed by atoms with Gasteiger partial charge in [-0.25, -0.2) is 8.42 Å². The van der Waals surface area contributed by atoms with Gasteiger partial charge in [-0.1, -0.05) is 29.8 Å². The van der Waals surface area contributed by atoms with Crippen LogP contribution in [-0.2, 0) is 10.0 Å². The zero-order valence-corrected chi connectivity index (χ0v) is 18.1. The van der Waals surface area contributed by atoms with Crippen LogP contribution in [-0.4, -0.2) is 32.4 Å². The maximum Gasteiger partial charge on any atom is 0.273 e. The van der Waals surface area contributed by atoms with Crippen molar-refractivity contribution in [1.29, 1.82) is 0 Å². The summed E-state index contributed by atoms with van der Waals surface area (Å²) in [4.78, 5) is 24.4. The number of hydrazine groups is 1. The summed E-state index contributed by atoms with van der Waals surface area (Å²) in [5, 5.41) is 9.72. The van der Waals surface area contributed by atoms with E-state index in [4.69, 9.17) is 4.74 Å². The lowest BCUT2D eigenvalue weighted by Gasteiger charge is -2.14. The van der Waals surface area contributed by atoms with E-state index < -0.39 is 21.8 Å². The Kier molecular flexibility index (Phi) is 6.64. The van der Waals surface area contributed by atoms with Crippen molar-refractivity contribution in [3.05, 3.63) is 83.4 Å². The smallest absolute Gasteiger partial charge is 0.273 e. The van der Waals surface area contributed by atoms with Crippen LogP contribution in [0.4, 0.5) is 5.69 Å². The average Bonchev–Trinajstić information content (AvgIpc) is 2.78. The molecule has 0 heterocycles. The van der Waals surface area contributed by atoms with Gasteiger partial charge in [0.05, 0.1) is 12.7 Å². The predicted molar refractivity (Wildman–Crippen MR) is 118 cm³/mol. The summed E-state index contributed by atoms with van der Waals surface area (Å²) in [7, 11) is -2.77. The number of benzene rings is 3. The summed E-state index contributed by atoms with van der Waals surface area (Å²) in [5.74, 6) is -1.71. The van der Waals surface area contributed by atoms with Crippen molar-refractivity contribution < 1.29 is 27.9 Å². The second kappa shape index (κ2) is 9.40. The van der Waals surface area contributed by atoms with Gasteiger partial charge in [-0.05, 0) is 49.4 Å². The lowest BCUT2D eigenvalue weighted by molar-refractivity contribution is 0.0845. The first kappa shape index (κ1) is 22.6. The fourth-order valence-corrected chi connectivity index (χ4v) is 4.03. The molecule has 0 aromatic heterocycles. The highest BCUT2D eigenvalue weighted by molar-refractivity contribution is 7.92. The first-order valence-corrected chi connectivity index (χ1v) is 10.9. The molecule has 4 N–H and O–H groups in total. The van der Waals surface area contributed by atoms with Crippen LogP contribution in [0, 0.1) is 6.92 Å². The van der Waals surface area contributed by atoms with Crippen molar-refractivity contribution in [2.75, 3.05) is 11.8 Å². The van der Waals surface area contributed by atoms with Gasteiger partial charge in [-0.3, -0.25) is 25.2 Å². The standard InChI is InChI=1S/C22H21N3O6S/c1-14-7-10-16(11-8-14)25-32(29,30)20-13-15(9-12-19(20)31-2)21(27)23-24-22(28)17-5-3-4-6-18(17)26/h3-13,25-26H,1-2H3,(H,23,27)(H,24,28). The fraction of sp³-hybridized carbons (Fsp3) is 0.0909. The number of methoxy groups -OCH3 is 1.